The van der Waals surface area contributed by atoms with Crippen LogP contribution in [-0.2, 0) is 4.84 Å². The number of aromatic nitrogens is 2. The molecule has 0 saturated carbocycles. The third-order valence-corrected chi connectivity index (χ3v) is 3.21. The molecule has 7 nitrogen and oxygen atoms in total. The molecule has 0 amide bonds. The van der Waals surface area contributed by atoms with E-state index in [9.17, 15) is 9.90 Å². The van der Waals surface area contributed by atoms with Crippen molar-refractivity contribution in [2.75, 3.05) is 6.61 Å². The van der Waals surface area contributed by atoms with Gasteiger partial charge in [0.15, 0.2) is 11.4 Å². The van der Waals surface area contributed by atoms with E-state index in [1.165, 1.54) is 0 Å². The monoisotopic (exact) mass is 306 g/mol. The molecule has 3 rings (SSSR count). The van der Waals surface area contributed by atoms with Crippen LogP contribution in [0.4, 0.5) is 0 Å². The Hall–Kier alpha value is -3.53. The Labute approximate surface area is 131 Å². The van der Waals surface area contributed by atoms with E-state index >= 15 is 0 Å². The van der Waals surface area contributed by atoms with E-state index in [0.717, 1.165) is 5.56 Å². The maximum absolute atomic E-state index is 11.3. The Kier molecular flexibility index (Phi) is 3.57. The van der Waals surface area contributed by atoms with Gasteiger partial charge in [0.05, 0.1) is 0 Å². The SMILES string of the molecule is C=CCO/N=C1/c2ccccc2-c2nc(C(=O)O)c(C#N)nc21. The summed E-state index contributed by atoms with van der Waals surface area (Å²) in [4.78, 5) is 24.6. The van der Waals surface area contributed by atoms with Crippen LogP contribution in [0, 0.1) is 11.3 Å². The third-order valence-electron chi connectivity index (χ3n) is 3.21. The number of hydrogen-bond donors (Lipinski definition) is 1. The van der Waals surface area contributed by atoms with Crippen LogP contribution in [0.2, 0.25) is 0 Å². The molecular weight excluding hydrogens is 296 g/mol. The number of benzene rings is 1. The van der Waals surface area contributed by atoms with Crippen molar-refractivity contribution in [1.29, 1.82) is 5.26 Å². The van der Waals surface area contributed by atoms with Gasteiger partial charge in [-0.25, -0.2) is 14.8 Å². The highest BCUT2D eigenvalue weighted by Gasteiger charge is 2.31. The zero-order valence-electron chi connectivity index (χ0n) is 11.9. The van der Waals surface area contributed by atoms with Crippen LogP contribution >= 0.6 is 0 Å². The van der Waals surface area contributed by atoms with Crippen LogP contribution in [0.3, 0.4) is 0 Å². The summed E-state index contributed by atoms with van der Waals surface area (Å²) in [7, 11) is 0. The first-order valence-corrected chi connectivity index (χ1v) is 6.63. The molecule has 1 aromatic carbocycles. The molecule has 1 heterocycles. The predicted molar refractivity (Wildman–Crippen MR) is 80.9 cm³/mol. The van der Waals surface area contributed by atoms with Gasteiger partial charge in [0.25, 0.3) is 0 Å². The lowest BCUT2D eigenvalue weighted by Gasteiger charge is -2.03. The van der Waals surface area contributed by atoms with Crippen molar-refractivity contribution in [2.24, 2.45) is 5.16 Å². The van der Waals surface area contributed by atoms with Crippen LogP contribution in [0.15, 0.2) is 42.1 Å². The average molecular weight is 306 g/mol. The lowest BCUT2D eigenvalue weighted by molar-refractivity contribution is 0.0689. The van der Waals surface area contributed by atoms with Crippen LogP contribution in [0.1, 0.15) is 27.4 Å². The second-order valence-electron chi connectivity index (χ2n) is 4.60. The molecule has 0 spiro atoms. The fraction of sp³-hybridized carbons (Fsp3) is 0.0625. The Morgan fingerprint density at radius 1 is 1.35 bits per heavy atom. The predicted octanol–water partition coefficient (Wildman–Crippen LogP) is 1.98. The van der Waals surface area contributed by atoms with E-state index in [2.05, 4.69) is 21.7 Å². The second kappa shape index (κ2) is 5.69. The molecule has 0 radical (unpaired) electrons. The smallest absolute Gasteiger partial charge is 0.357 e. The van der Waals surface area contributed by atoms with E-state index in [1.54, 1.807) is 30.3 Å². The van der Waals surface area contributed by atoms with Crippen molar-refractivity contribution in [3.05, 3.63) is 59.6 Å². The first-order valence-electron chi connectivity index (χ1n) is 6.63. The Balaban J connectivity index is 2.26. The molecule has 0 saturated heterocycles. The van der Waals surface area contributed by atoms with Crippen LogP contribution in [-0.4, -0.2) is 33.4 Å². The largest absolute Gasteiger partial charge is 0.476 e. The van der Waals surface area contributed by atoms with Crippen molar-refractivity contribution < 1.29 is 14.7 Å². The molecule has 1 N–H and O–H groups in total. The highest BCUT2D eigenvalue weighted by Crippen LogP contribution is 2.35. The van der Waals surface area contributed by atoms with Gasteiger partial charge in [-0.3, -0.25) is 0 Å². The molecule has 7 heteroatoms. The summed E-state index contributed by atoms with van der Waals surface area (Å²) in [6.45, 7) is 3.76. The molecule has 1 aromatic heterocycles. The van der Waals surface area contributed by atoms with E-state index < -0.39 is 5.97 Å². The lowest BCUT2D eigenvalue weighted by Crippen LogP contribution is -2.11. The number of fused-ring (bicyclic) bond motifs is 3. The van der Waals surface area contributed by atoms with Crippen LogP contribution < -0.4 is 0 Å². The Bertz CT molecular complexity index is 897. The molecule has 0 atom stereocenters. The number of oxime groups is 1. The molecule has 0 unspecified atom stereocenters. The summed E-state index contributed by atoms with van der Waals surface area (Å²) in [6, 6.07) is 8.97. The first-order chi connectivity index (χ1) is 11.2. The number of carbonyl (C=O) groups is 1. The number of rotatable bonds is 4. The summed E-state index contributed by atoms with van der Waals surface area (Å²) < 4.78 is 0. The normalized spacial score (nSPS) is 13.1. The van der Waals surface area contributed by atoms with E-state index in [1.807, 2.05) is 6.07 Å². The van der Waals surface area contributed by atoms with Crippen molar-refractivity contribution in [3.63, 3.8) is 0 Å². The standard InChI is InChI=1S/C16H10N4O3/c1-2-7-23-20-13-10-6-4-3-5-9(10)12-15(13)18-11(8-17)14(19-12)16(21)22/h2-6H,1,7H2,(H,21,22)/b20-13-. The van der Waals surface area contributed by atoms with Gasteiger partial charge in [0.2, 0.25) is 0 Å². The summed E-state index contributed by atoms with van der Waals surface area (Å²) >= 11 is 0. The van der Waals surface area contributed by atoms with E-state index in [4.69, 9.17) is 10.1 Å². The van der Waals surface area contributed by atoms with Crippen molar-refractivity contribution >= 4 is 11.7 Å². The lowest BCUT2D eigenvalue weighted by atomic mass is 10.1. The minimum absolute atomic E-state index is 0.215. The van der Waals surface area contributed by atoms with Crippen molar-refractivity contribution in [3.8, 4) is 17.3 Å². The van der Waals surface area contributed by atoms with Crippen LogP contribution in [0.25, 0.3) is 11.3 Å². The van der Waals surface area contributed by atoms with Gasteiger partial charge in [-0.1, -0.05) is 42.1 Å². The molecular formula is C16H10N4O3. The number of carboxylic acids is 1. The Morgan fingerprint density at radius 3 is 2.74 bits per heavy atom. The molecule has 112 valence electrons. The molecule has 2 aromatic rings. The average Bonchev–Trinajstić information content (AvgIpc) is 2.87. The van der Waals surface area contributed by atoms with Crippen LogP contribution in [0.5, 0.6) is 0 Å². The third kappa shape index (κ3) is 2.32. The van der Waals surface area contributed by atoms with Crippen molar-refractivity contribution in [1.82, 2.24) is 9.97 Å². The van der Waals surface area contributed by atoms with Gasteiger partial charge < -0.3 is 9.94 Å². The fourth-order valence-electron chi connectivity index (χ4n) is 2.29. The summed E-state index contributed by atoms with van der Waals surface area (Å²) in [5.41, 5.74) is 1.89. The molecule has 0 aliphatic heterocycles. The van der Waals surface area contributed by atoms with Crippen molar-refractivity contribution in [2.45, 2.75) is 0 Å². The minimum Gasteiger partial charge on any atom is -0.476 e. The summed E-state index contributed by atoms with van der Waals surface area (Å²) in [5, 5.41) is 22.3. The van der Waals surface area contributed by atoms with E-state index in [-0.39, 0.29) is 18.0 Å². The summed E-state index contributed by atoms with van der Waals surface area (Å²) in [5.74, 6) is -1.30. The number of aromatic carboxylic acids is 1. The maximum Gasteiger partial charge on any atom is 0.357 e. The van der Waals surface area contributed by atoms with Gasteiger partial charge in [-0.2, -0.15) is 5.26 Å². The highest BCUT2D eigenvalue weighted by atomic mass is 16.6. The minimum atomic E-state index is -1.30. The van der Waals surface area contributed by atoms with Gasteiger partial charge in [0.1, 0.15) is 29.8 Å². The quantitative estimate of drug-likeness (QED) is 0.448. The molecule has 1 aliphatic rings. The van der Waals surface area contributed by atoms with Gasteiger partial charge >= 0.3 is 5.97 Å². The number of nitriles is 1. The van der Waals surface area contributed by atoms with E-state index in [0.29, 0.717) is 22.7 Å². The molecule has 0 fully saturated rings. The topological polar surface area (TPSA) is 108 Å². The number of nitrogens with zero attached hydrogens (tertiary/aromatic N) is 4. The first kappa shape index (κ1) is 14.4. The maximum atomic E-state index is 11.3. The molecule has 0 bridgehead atoms. The van der Waals surface area contributed by atoms with Gasteiger partial charge in [-0.05, 0) is 0 Å². The summed E-state index contributed by atoms with van der Waals surface area (Å²) in [6.07, 6.45) is 1.55. The second-order valence-corrected chi connectivity index (χ2v) is 4.60. The van der Waals surface area contributed by atoms with Gasteiger partial charge in [-0.15, -0.1) is 0 Å². The highest BCUT2D eigenvalue weighted by molar-refractivity contribution is 6.22. The Morgan fingerprint density at radius 2 is 2.09 bits per heavy atom. The zero-order chi connectivity index (χ0) is 16.4. The number of hydrogen-bond acceptors (Lipinski definition) is 6. The number of carboxylic acid groups (broad SMARTS) is 1. The molecule has 23 heavy (non-hydrogen) atoms. The zero-order valence-corrected chi connectivity index (χ0v) is 11.9. The molecule has 1 aliphatic carbocycles. The van der Waals surface area contributed by atoms with Gasteiger partial charge in [0, 0.05) is 11.1 Å². The fourth-order valence-corrected chi connectivity index (χ4v) is 2.29.